The van der Waals surface area contributed by atoms with Gasteiger partial charge in [-0.3, -0.25) is 4.57 Å². The van der Waals surface area contributed by atoms with Gasteiger partial charge < -0.3 is 9.79 Å². The summed E-state index contributed by atoms with van der Waals surface area (Å²) >= 11 is 3.17. The Labute approximate surface area is 202 Å². The predicted octanol–water partition coefficient (Wildman–Crippen LogP) is 4.99. The van der Waals surface area contributed by atoms with Crippen LogP contribution in [-0.4, -0.2) is 34.7 Å². The molecule has 1 heterocycles. The number of aromatic nitrogens is 1. The number of nitrogens with zero attached hydrogens (tertiary/aromatic N) is 1. The third-order valence-corrected chi connectivity index (χ3v) is 10.9. The molecule has 178 valence electrons. The van der Waals surface area contributed by atoms with Gasteiger partial charge in [0.05, 0.1) is 15.1 Å². The Balaban J connectivity index is 1.50. The van der Waals surface area contributed by atoms with Crippen molar-refractivity contribution in [1.82, 2.24) is 9.71 Å². The van der Waals surface area contributed by atoms with Gasteiger partial charge in [0, 0.05) is 12.2 Å². The molecule has 7 nitrogen and oxygen atoms in total. The maximum Gasteiger partial charge on any atom is 0.343 e. The number of hydrogen-bond acceptors (Lipinski definition) is 6. The number of hydrogen-bond donors (Lipinski definition) is 3. The molecular formula is C22H27N2O5PS3. The van der Waals surface area contributed by atoms with Crippen LogP contribution in [0.25, 0.3) is 10.2 Å². The molecule has 1 unspecified atom stereocenters. The van der Waals surface area contributed by atoms with Crippen molar-refractivity contribution in [2.75, 3.05) is 5.75 Å². The summed E-state index contributed by atoms with van der Waals surface area (Å²) in [4.78, 5) is 24.1. The van der Waals surface area contributed by atoms with Crippen LogP contribution in [0.4, 0.5) is 0 Å². The zero-order valence-electron chi connectivity index (χ0n) is 18.0. The largest absolute Gasteiger partial charge is 0.343 e. The Bertz CT molecular complexity index is 1240. The normalized spacial score (nSPS) is 16.8. The minimum Gasteiger partial charge on any atom is -0.323 e. The van der Waals surface area contributed by atoms with Crippen LogP contribution in [0.15, 0.2) is 57.8 Å². The van der Waals surface area contributed by atoms with Crippen molar-refractivity contribution in [3.05, 3.63) is 54.1 Å². The van der Waals surface area contributed by atoms with E-state index in [0.29, 0.717) is 11.5 Å². The van der Waals surface area contributed by atoms with E-state index in [9.17, 15) is 22.8 Å². The van der Waals surface area contributed by atoms with Gasteiger partial charge in [-0.05, 0) is 42.5 Å². The number of benzene rings is 2. The number of nitrogens with one attached hydrogen (secondary N) is 1. The van der Waals surface area contributed by atoms with Crippen LogP contribution >= 0.6 is 30.7 Å². The second kappa shape index (κ2) is 10.6. The quantitative estimate of drug-likeness (QED) is 0.266. The van der Waals surface area contributed by atoms with E-state index in [-0.39, 0.29) is 11.3 Å². The molecule has 1 saturated carbocycles. The summed E-state index contributed by atoms with van der Waals surface area (Å²) in [5.41, 5.74) is 1.35. The Morgan fingerprint density at radius 2 is 1.85 bits per heavy atom. The fourth-order valence-electron chi connectivity index (χ4n) is 3.97. The van der Waals surface area contributed by atoms with Crippen molar-refractivity contribution in [2.45, 2.75) is 53.5 Å². The highest BCUT2D eigenvalue weighted by Crippen LogP contribution is 2.42. The van der Waals surface area contributed by atoms with Crippen molar-refractivity contribution in [3.63, 3.8) is 0 Å². The molecular weight excluding hydrogens is 499 g/mol. The lowest BCUT2D eigenvalue weighted by Gasteiger charge is -2.20. The van der Waals surface area contributed by atoms with E-state index < -0.39 is 23.4 Å². The van der Waals surface area contributed by atoms with E-state index in [2.05, 4.69) is 9.71 Å². The van der Waals surface area contributed by atoms with Gasteiger partial charge in [-0.2, -0.15) is 4.72 Å². The van der Waals surface area contributed by atoms with Gasteiger partial charge in [0.1, 0.15) is 5.78 Å². The molecule has 33 heavy (non-hydrogen) atoms. The van der Waals surface area contributed by atoms with Gasteiger partial charge in [0.2, 0.25) is 10.0 Å². The van der Waals surface area contributed by atoms with Crippen LogP contribution in [0.5, 0.6) is 0 Å². The zero-order chi connectivity index (χ0) is 23.5. The summed E-state index contributed by atoms with van der Waals surface area (Å²) in [7, 11) is -8.87. The lowest BCUT2D eigenvalue weighted by atomic mass is 9.91. The summed E-state index contributed by atoms with van der Waals surface area (Å²) in [6.45, 7) is 0. The van der Waals surface area contributed by atoms with E-state index in [1.807, 2.05) is 0 Å². The van der Waals surface area contributed by atoms with Gasteiger partial charge >= 0.3 is 7.60 Å². The van der Waals surface area contributed by atoms with Crippen molar-refractivity contribution >= 4 is 50.9 Å². The first kappa shape index (κ1) is 24.9. The number of sulfonamides is 1. The van der Waals surface area contributed by atoms with E-state index >= 15 is 0 Å². The summed E-state index contributed by atoms with van der Waals surface area (Å²) in [5.74, 6) is 0.185. The third-order valence-electron chi connectivity index (χ3n) is 5.79. The molecule has 3 N–H and O–H groups in total. The van der Waals surface area contributed by atoms with E-state index in [4.69, 9.17) is 0 Å². The van der Waals surface area contributed by atoms with Crippen LogP contribution in [0.3, 0.4) is 0 Å². The van der Waals surface area contributed by atoms with Crippen LogP contribution in [-0.2, 0) is 21.0 Å². The average molecular weight is 527 g/mol. The molecule has 1 aliphatic carbocycles. The van der Waals surface area contributed by atoms with Crippen LogP contribution in [0.1, 0.15) is 37.7 Å². The predicted molar refractivity (Wildman–Crippen MR) is 133 cm³/mol. The molecule has 3 aromatic rings. The lowest BCUT2D eigenvalue weighted by Crippen LogP contribution is -2.36. The first-order chi connectivity index (χ1) is 15.7. The molecule has 0 bridgehead atoms. The molecule has 11 heteroatoms. The molecule has 1 aliphatic rings. The maximum atomic E-state index is 13.0. The summed E-state index contributed by atoms with van der Waals surface area (Å²) in [6.07, 6.45) is 6.31. The van der Waals surface area contributed by atoms with Crippen molar-refractivity contribution < 1.29 is 22.8 Å². The molecule has 4 rings (SSSR count). The highest BCUT2D eigenvalue weighted by atomic mass is 32.2. The topological polar surface area (TPSA) is 117 Å². The van der Waals surface area contributed by atoms with Gasteiger partial charge in [-0.15, -0.1) is 11.3 Å². The van der Waals surface area contributed by atoms with Crippen molar-refractivity contribution in [3.8, 4) is 0 Å². The van der Waals surface area contributed by atoms with Gasteiger partial charge in [-0.25, -0.2) is 13.4 Å². The number of rotatable bonds is 9. The minimum atomic E-state index is -4.73. The minimum absolute atomic E-state index is 0.0333. The SMILES string of the molecule is O=P(O)(O)C(Cc1ccccc1)NS(=O)(=O)c1ccc2nc(SCC3CCCCC3)sc2c1. The molecule has 0 amide bonds. The maximum absolute atomic E-state index is 13.0. The molecule has 0 aliphatic heterocycles. The van der Waals surface area contributed by atoms with Crippen LogP contribution in [0, 0.1) is 5.92 Å². The summed E-state index contributed by atoms with van der Waals surface area (Å²) in [6, 6.07) is 13.3. The highest BCUT2D eigenvalue weighted by molar-refractivity contribution is 8.01. The second-order valence-corrected chi connectivity index (χ2v) is 14.2. The van der Waals surface area contributed by atoms with Crippen molar-refractivity contribution in [1.29, 1.82) is 0 Å². The fourth-order valence-corrected chi connectivity index (χ4v) is 8.88. The molecule has 2 aromatic carbocycles. The smallest absolute Gasteiger partial charge is 0.323 e. The monoisotopic (exact) mass is 526 g/mol. The molecule has 1 atom stereocenters. The molecule has 1 aromatic heterocycles. The summed E-state index contributed by atoms with van der Waals surface area (Å²) < 4.78 is 41.9. The third kappa shape index (κ3) is 6.66. The van der Waals surface area contributed by atoms with E-state index in [1.165, 1.54) is 55.6 Å². The summed E-state index contributed by atoms with van der Waals surface area (Å²) in [5, 5.41) is 0. The van der Waals surface area contributed by atoms with Gasteiger partial charge in [-0.1, -0.05) is 61.4 Å². The first-order valence-corrected chi connectivity index (χ1v) is 15.8. The van der Waals surface area contributed by atoms with Crippen LogP contribution < -0.4 is 4.72 Å². The Hall–Kier alpha value is -1.26. The number of fused-ring (bicyclic) bond motifs is 1. The molecule has 1 fully saturated rings. The molecule has 0 spiro atoms. The highest BCUT2D eigenvalue weighted by Gasteiger charge is 2.33. The second-order valence-electron chi connectivity index (χ2n) is 8.34. The Kier molecular flexibility index (Phi) is 7.95. The average Bonchev–Trinajstić information content (AvgIpc) is 3.20. The van der Waals surface area contributed by atoms with E-state index in [0.717, 1.165) is 20.3 Å². The standard InChI is InChI=1S/C22H27N2O5PS3/c25-30(26,27)21(13-16-7-3-1-4-8-16)24-33(28,29)18-11-12-19-20(14-18)32-22(23-19)31-15-17-9-5-2-6-10-17/h1,3-4,7-8,11-12,14,17,21,24H,2,5-6,9-10,13,15H2,(H2,25,26,27). The zero-order valence-corrected chi connectivity index (χ0v) is 21.3. The number of thiazole rings is 1. The first-order valence-electron chi connectivity index (χ1n) is 10.9. The molecule has 0 radical (unpaired) electrons. The lowest BCUT2D eigenvalue weighted by molar-refractivity contribution is 0.353. The fraction of sp³-hybridized carbons (Fsp3) is 0.409. The molecule has 0 saturated heterocycles. The number of thioether (sulfide) groups is 1. The van der Waals surface area contributed by atoms with Gasteiger partial charge in [0.25, 0.3) is 0 Å². The Morgan fingerprint density at radius 1 is 1.12 bits per heavy atom. The van der Waals surface area contributed by atoms with Crippen molar-refractivity contribution in [2.24, 2.45) is 5.92 Å². The van der Waals surface area contributed by atoms with Crippen LogP contribution in [0.2, 0.25) is 0 Å². The van der Waals surface area contributed by atoms with E-state index in [1.54, 1.807) is 48.2 Å². The Morgan fingerprint density at radius 3 is 2.55 bits per heavy atom. The van der Waals surface area contributed by atoms with Gasteiger partial charge in [0.15, 0.2) is 4.34 Å².